The number of hydrogen-bond donors (Lipinski definition) is 1. The summed E-state index contributed by atoms with van der Waals surface area (Å²) in [5, 5.41) is 3.48. The molecule has 0 radical (unpaired) electrons. The highest BCUT2D eigenvalue weighted by molar-refractivity contribution is 4.68. The number of ether oxygens (including phenoxy) is 1. The van der Waals surface area contributed by atoms with Gasteiger partial charge in [-0.1, -0.05) is 20.8 Å². The second-order valence-corrected chi connectivity index (χ2v) is 4.62. The molecule has 0 heterocycles. The Balaban J connectivity index is 3.37. The van der Waals surface area contributed by atoms with Gasteiger partial charge in [0.15, 0.2) is 0 Å². The molecule has 12 heavy (non-hydrogen) atoms. The number of rotatable bonds is 5. The van der Waals surface area contributed by atoms with Crippen LogP contribution in [0.25, 0.3) is 0 Å². The zero-order valence-electron chi connectivity index (χ0n) is 9.11. The average Bonchev–Trinajstić information content (AvgIpc) is 1.95. The molecule has 1 atom stereocenters. The van der Waals surface area contributed by atoms with Crippen molar-refractivity contribution >= 4 is 0 Å². The van der Waals surface area contributed by atoms with E-state index in [0.29, 0.717) is 11.5 Å². The molecule has 2 nitrogen and oxygen atoms in total. The minimum Gasteiger partial charge on any atom is -0.385 e. The molecule has 0 saturated heterocycles. The zero-order valence-corrected chi connectivity index (χ0v) is 9.11. The van der Waals surface area contributed by atoms with Crippen molar-refractivity contribution in [2.75, 3.05) is 20.3 Å². The summed E-state index contributed by atoms with van der Waals surface area (Å²) in [4.78, 5) is 0. The van der Waals surface area contributed by atoms with Crippen molar-refractivity contribution < 1.29 is 4.74 Å². The predicted molar refractivity (Wildman–Crippen MR) is 53.4 cm³/mol. The van der Waals surface area contributed by atoms with Crippen molar-refractivity contribution in [3.8, 4) is 0 Å². The van der Waals surface area contributed by atoms with E-state index in [-0.39, 0.29) is 0 Å². The summed E-state index contributed by atoms with van der Waals surface area (Å²) >= 11 is 0. The van der Waals surface area contributed by atoms with Crippen LogP contribution in [0.15, 0.2) is 0 Å². The van der Waals surface area contributed by atoms with E-state index in [1.54, 1.807) is 7.11 Å². The van der Waals surface area contributed by atoms with Crippen molar-refractivity contribution in [2.24, 2.45) is 5.41 Å². The molecule has 0 aliphatic rings. The Kier molecular flexibility index (Phi) is 5.51. The van der Waals surface area contributed by atoms with Gasteiger partial charge in [-0.25, -0.2) is 0 Å². The molecule has 0 amide bonds. The third-order valence-electron chi connectivity index (χ3n) is 1.74. The van der Waals surface area contributed by atoms with E-state index >= 15 is 0 Å². The third kappa shape index (κ3) is 8.02. The van der Waals surface area contributed by atoms with Crippen molar-refractivity contribution in [1.29, 1.82) is 0 Å². The van der Waals surface area contributed by atoms with Crippen molar-refractivity contribution in [3.63, 3.8) is 0 Å². The van der Waals surface area contributed by atoms with Gasteiger partial charge >= 0.3 is 0 Å². The van der Waals surface area contributed by atoms with Crippen LogP contribution < -0.4 is 5.32 Å². The molecule has 0 fully saturated rings. The van der Waals surface area contributed by atoms with Gasteiger partial charge in [-0.3, -0.25) is 0 Å². The Hall–Kier alpha value is -0.0800. The minimum atomic E-state index is 0.376. The van der Waals surface area contributed by atoms with E-state index < -0.39 is 0 Å². The van der Waals surface area contributed by atoms with Gasteiger partial charge in [0, 0.05) is 26.3 Å². The second kappa shape index (κ2) is 5.55. The largest absolute Gasteiger partial charge is 0.385 e. The lowest BCUT2D eigenvalue weighted by Crippen LogP contribution is -2.34. The van der Waals surface area contributed by atoms with Crippen LogP contribution in [0.4, 0.5) is 0 Å². The van der Waals surface area contributed by atoms with E-state index in [1.807, 2.05) is 0 Å². The first kappa shape index (κ1) is 11.9. The molecular weight excluding hydrogens is 150 g/mol. The zero-order chi connectivity index (χ0) is 9.61. The molecule has 74 valence electrons. The molecule has 0 aromatic carbocycles. The molecule has 2 heteroatoms. The maximum atomic E-state index is 5.00. The van der Waals surface area contributed by atoms with Gasteiger partial charge < -0.3 is 10.1 Å². The molecule has 0 aliphatic carbocycles. The van der Waals surface area contributed by atoms with Crippen LogP contribution in [0.2, 0.25) is 0 Å². The highest BCUT2D eigenvalue weighted by Crippen LogP contribution is 2.10. The first-order valence-electron chi connectivity index (χ1n) is 4.68. The lowest BCUT2D eigenvalue weighted by Gasteiger charge is -2.22. The van der Waals surface area contributed by atoms with Gasteiger partial charge in [-0.2, -0.15) is 0 Å². The van der Waals surface area contributed by atoms with Crippen molar-refractivity contribution in [3.05, 3.63) is 0 Å². The summed E-state index contributed by atoms with van der Waals surface area (Å²) in [6.45, 7) is 10.8. The lowest BCUT2D eigenvalue weighted by molar-refractivity contribution is 0.182. The molecule has 1 unspecified atom stereocenters. The van der Waals surface area contributed by atoms with Crippen LogP contribution in [0.5, 0.6) is 0 Å². The van der Waals surface area contributed by atoms with E-state index in [0.717, 1.165) is 19.6 Å². The van der Waals surface area contributed by atoms with Crippen molar-refractivity contribution in [2.45, 2.75) is 40.2 Å². The number of nitrogens with one attached hydrogen (secondary N) is 1. The minimum absolute atomic E-state index is 0.376. The van der Waals surface area contributed by atoms with E-state index in [4.69, 9.17) is 4.74 Å². The molecule has 0 aromatic heterocycles. The van der Waals surface area contributed by atoms with Crippen LogP contribution in [0, 0.1) is 5.41 Å². The first-order valence-corrected chi connectivity index (χ1v) is 4.68. The smallest absolute Gasteiger partial charge is 0.0476 e. The van der Waals surface area contributed by atoms with Gasteiger partial charge in [0.2, 0.25) is 0 Å². The van der Waals surface area contributed by atoms with E-state index in [9.17, 15) is 0 Å². The van der Waals surface area contributed by atoms with E-state index in [2.05, 4.69) is 33.0 Å². The normalized spacial score (nSPS) is 14.8. The summed E-state index contributed by atoms with van der Waals surface area (Å²) in [7, 11) is 1.75. The Labute approximate surface area is 76.7 Å². The van der Waals surface area contributed by atoms with Crippen LogP contribution in [-0.2, 0) is 4.74 Å². The topological polar surface area (TPSA) is 21.3 Å². The Morgan fingerprint density at radius 2 is 1.92 bits per heavy atom. The summed E-state index contributed by atoms with van der Waals surface area (Å²) < 4.78 is 5.00. The van der Waals surface area contributed by atoms with Gasteiger partial charge in [0.1, 0.15) is 0 Å². The Bertz CT molecular complexity index is 107. The molecule has 1 N–H and O–H groups in total. The fraction of sp³-hybridized carbons (Fsp3) is 1.00. The standard InChI is InChI=1S/C10H23NO/c1-9(6-7-12-5)11-8-10(2,3)4/h9,11H,6-8H2,1-5H3. The molecular formula is C10H23NO. The molecule has 0 bridgehead atoms. The summed E-state index contributed by atoms with van der Waals surface area (Å²) in [6.07, 6.45) is 1.09. The fourth-order valence-corrected chi connectivity index (χ4v) is 0.877. The molecule has 0 saturated carbocycles. The summed E-state index contributed by atoms with van der Waals surface area (Å²) in [5.41, 5.74) is 0.376. The average molecular weight is 173 g/mol. The van der Waals surface area contributed by atoms with Gasteiger partial charge in [-0.05, 0) is 18.8 Å². The predicted octanol–water partition coefficient (Wildman–Crippen LogP) is 2.05. The van der Waals surface area contributed by atoms with Crippen LogP contribution in [0.1, 0.15) is 34.1 Å². The molecule has 0 rings (SSSR count). The fourth-order valence-electron chi connectivity index (χ4n) is 0.877. The maximum Gasteiger partial charge on any atom is 0.0476 e. The maximum absolute atomic E-state index is 5.00. The van der Waals surface area contributed by atoms with Crippen LogP contribution >= 0.6 is 0 Å². The van der Waals surface area contributed by atoms with Gasteiger partial charge in [0.25, 0.3) is 0 Å². The van der Waals surface area contributed by atoms with Crippen molar-refractivity contribution in [1.82, 2.24) is 5.32 Å². The first-order chi connectivity index (χ1) is 5.45. The van der Waals surface area contributed by atoms with Crippen LogP contribution in [0.3, 0.4) is 0 Å². The highest BCUT2D eigenvalue weighted by Gasteiger charge is 2.11. The number of methoxy groups -OCH3 is 1. The number of hydrogen-bond acceptors (Lipinski definition) is 2. The molecule has 0 aromatic rings. The summed E-state index contributed by atoms with van der Waals surface area (Å²) in [6, 6.07) is 0.559. The Morgan fingerprint density at radius 3 is 2.33 bits per heavy atom. The lowest BCUT2D eigenvalue weighted by atomic mass is 9.96. The monoisotopic (exact) mass is 173 g/mol. The van der Waals surface area contributed by atoms with Gasteiger partial charge in [0.05, 0.1) is 0 Å². The second-order valence-electron chi connectivity index (χ2n) is 4.62. The third-order valence-corrected chi connectivity index (χ3v) is 1.74. The van der Waals surface area contributed by atoms with E-state index in [1.165, 1.54) is 0 Å². The SMILES string of the molecule is COCCC(C)NCC(C)(C)C. The van der Waals surface area contributed by atoms with Crippen LogP contribution in [-0.4, -0.2) is 26.3 Å². The quantitative estimate of drug-likeness (QED) is 0.687. The van der Waals surface area contributed by atoms with Gasteiger partial charge in [-0.15, -0.1) is 0 Å². The highest BCUT2D eigenvalue weighted by atomic mass is 16.5. The summed E-state index contributed by atoms with van der Waals surface area (Å²) in [5.74, 6) is 0. The molecule has 0 aliphatic heterocycles. The Morgan fingerprint density at radius 1 is 1.33 bits per heavy atom. The molecule has 0 spiro atoms.